The zero-order valence-corrected chi connectivity index (χ0v) is 16.0. The number of carbonyl (C=O) groups is 1. The number of hydrogen-bond donors (Lipinski definition) is 1. The molecule has 0 aliphatic carbocycles. The van der Waals surface area contributed by atoms with Crippen molar-refractivity contribution in [2.24, 2.45) is 5.16 Å². The Hall–Kier alpha value is -2.00. The fourth-order valence-corrected chi connectivity index (χ4v) is 5.76. The Morgan fingerprint density at radius 3 is 3.04 bits per heavy atom. The predicted molar refractivity (Wildman–Crippen MR) is 99.8 cm³/mol. The molecule has 1 spiro atoms. The highest BCUT2D eigenvalue weighted by molar-refractivity contribution is 7.91. The van der Waals surface area contributed by atoms with Gasteiger partial charge in [-0.2, -0.15) is 0 Å². The minimum Gasteiger partial charge on any atom is -0.387 e. The molecule has 146 valence electrons. The van der Waals surface area contributed by atoms with E-state index >= 15 is 0 Å². The molecule has 1 N–H and O–H groups in total. The van der Waals surface area contributed by atoms with E-state index in [1.165, 1.54) is 0 Å². The van der Waals surface area contributed by atoms with Crippen molar-refractivity contribution in [1.82, 2.24) is 15.2 Å². The second-order valence-corrected chi connectivity index (χ2v) is 9.93. The summed E-state index contributed by atoms with van der Waals surface area (Å²) in [7, 11) is -3.03. The molecule has 0 aromatic carbocycles. The minimum absolute atomic E-state index is 0.00980. The van der Waals surface area contributed by atoms with Crippen LogP contribution in [0.25, 0.3) is 0 Å². The molecule has 4 heterocycles. The third-order valence-corrected chi connectivity index (χ3v) is 7.17. The molecule has 8 nitrogen and oxygen atoms in total. The molecule has 27 heavy (non-hydrogen) atoms. The van der Waals surface area contributed by atoms with Gasteiger partial charge in [-0.25, -0.2) is 8.42 Å². The second-order valence-electron chi connectivity index (χ2n) is 7.70. The van der Waals surface area contributed by atoms with E-state index in [1.807, 2.05) is 18.2 Å². The van der Waals surface area contributed by atoms with Gasteiger partial charge in [0.05, 0.1) is 17.2 Å². The van der Waals surface area contributed by atoms with Crippen molar-refractivity contribution < 1.29 is 18.0 Å². The average Bonchev–Trinajstić information content (AvgIpc) is 3.19. The van der Waals surface area contributed by atoms with Gasteiger partial charge in [0.2, 0.25) is 0 Å². The lowest BCUT2D eigenvalue weighted by Crippen LogP contribution is -2.49. The van der Waals surface area contributed by atoms with Gasteiger partial charge in [0.1, 0.15) is 5.71 Å². The van der Waals surface area contributed by atoms with Crippen molar-refractivity contribution in [3.05, 3.63) is 30.1 Å². The molecule has 1 aromatic rings. The van der Waals surface area contributed by atoms with Crippen LogP contribution in [0.15, 0.2) is 29.6 Å². The monoisotopic (exact) mass is 392 g/mol. The highest BCUT2D eigenvalue weighted by atomic mass is 32.2. The summed E-state index contributed by atoms with van der Waals surface area (Å²) < 4.78 is 23.1. The van der Waals surface area contributed by atoms with Crippen LogP contribution >= 0.6 is 0 Å². The zero-order valence-electron chi connectivity index (χ0n) is 15.1. The van der Waals surface area contributed by atoms with Crippen LogP contribution in [0.2, 0.25) is 0 Å². The number of amides is 1. The summed E-state index contributed by atoms with van der Waals surface area (Å²) in [5.41, 5.74) is 0.898. The first kappa shape index (κ1) is 18.4. The number of sulfone groups is 1. The molecule has 1 aromatic heterocycles. The third-order valence-electron chi connectivity index (χ3n) is 5.40. The van der Waals surface area contributed by atoms with E-state index in [0.29, 0.717) is 25.1 Å². The van der Waals surface area contributed by atoms with Crippen LogP contribution in [0.3, 0.4) is 0 Å². The number of pyridine rings is 1. The smallest absolute Gasteiger partial charge is 0.269 e. The molecule has 9 heteroatoms. The molecular formula is C18H24N4O4S. The molecule has 2 fully saturated rings. The van der Waals surface area contributed by atoms with Gasteiger partial charge in [-0.3, -0.25) is 14.7 Å². The Labute approximate surface area is 158 Å². The van der Waals surface area contributed by atoms with Gasteiger partial charge in [0.25, 0.3) is 5.91 Å². The van der Waals surface area contributed by atoms with Crippen molar-refractivity contribution in [2.45, 2.75) is 43.9 Å². The first-order valence-electron chi connectivity index (χ1n) is 9.32. The molecule has 2 unspecified atom stereocenters. The number of nitrogens with zero attached hydrogens (tertiary/aromatic N) is 3. The minimum atomic E-state index is -3.03. The molecule has 1 amide bonds. The maximum atomic E-state index is 12.5. The molecular weight excluding hydrogens is 368 g/mol. The van der Waals surface area contributed by atoms with Crippen molar-refractivity contribution in [3.8, 4) is 0 Å². The lowest BCUT2D eigenvalue weighted by molar-refractivity contribution is -0.115. The molecule has 2 saturated heterocycles. The van der Waals surface area contributed by atoms with Gasteiger partial charge in [-0.1, -0.05) is 11.2 Å². The molecule has 3 aliphatic rings. The molecule has 4 rings (SSSR count). The van der Waals surface area contributed by atoms with Crippen molar-refractivity contribution >= 4 is 21.5 Å². The summed E-state index contributed by atoms with van der Waals surface area (Å²) in [4.78, 5) is 24.9. The van der Waals surface area contributed by atoms with Gasteiger partial charge in [0, 0.05) is 31.7 Å². The highest BCUT2D eigenvalue weighted by Crippen LogP contribution is 2.34. The number of carbonyl (C=O) groups excluding carboxylic acids is 1. The number of aromatic nitrogens is 1. The van der Waals surface area contributed by atoms with Gasteiger partial charge in [0.15, 0.2) is 15.4 Å². The Kier molecular flexibility index (Phi) is 4.90. The Balaban J connectivity index is 1.34. The van der Waals surface area contributed by atoms with E-state index in [0.717, 1.165) is 31.6 Å². The van der Waals surface area contributed by atoms with Crippen LogP contribution < -0.4 is 5.32 Å². The average molecular weight is 392 g/mol. The molecule has 0 radical (unpaired) electrons. The van der Waals surface area contributed by atoms with E-state index in [9.17, 15) is 13.2 Å². The predicted octanol–water partition coefficient (Wildman–Crippen LogP) is 0.496. The maximum Gasteiger partial charge on any atom is 0.269 e. The first-order chi connectivity index (χ1) is 12.9. The number of rotatable bonds is 4. The van der Waals surface area contributed by atoms with Crippen LogP contribution in [-0.2, 0) is 26.0 Å². The lowest BCUT2D eigenvalue weighted by atomic mass is 9.88. The van der Waals surface area contributed by atoms with Crippen LogP contribution in [0.5, 0.6) is 0 Å². The molecule has 2 atom stereocenters. The first-order valence-corrected chi connectivity index (χ1v) is 11.1. The van der Waals surface area contributed by atoms with Crippen molar-refractivity contribution in [2.75, 3.05) is 24.6 Å². The number of likely N-dealkylation sites (tertiary alicyclic amines) is 1. The van der Waals surface area contributed by atoms with Crippen LogP contribution in [0.4, 0.5) is 0 Å². The van der Waals surface area contributed by atoms with E-state index in [4.69, 9.17) is 4.84 Å². The van der Waals surface area contributed by atoms with Gasteiger partial charge < -0.3 is 10.2 Å². The summed E-state index contributed by atoms with van der Waals surface area (Å²) in [5.74, 6) is -0.167. The summed E-state index contributed by atoms with van der Waals surface area (Å²) in [6.07, 6.45) is 4.53. The van der Waals surface area contributed by atoms with Crippen molar-refractivity contribution in [1.29, 1.82) is 0 Å². The quantitative estimate of drug-likeness (QED) is 0.801. The van der Waals surface area contributed by atoms with Crippen LogP contribution in [0, 0.1) is 0 Å². The molecule has 0 saturated carbocycles. The fourth-order valence-electron chi connectivity index (χ4n) is 4.09. The van der Waals surface area contributed by atoms with Crippen molar-refractivity contribution in [3.63, 3.8) is 0 Å². The lowest BCUT2D eigenvalue weighted by Gasteiger charge is -2.38. The third kappa shape index (κ3) is 4.30. The number of oxime groups is 1. The number of hydrogen-bond acceptors (Lipinski definition) is 7. The number of nitrogens with one attached hydrogen (secondary N) is 1. The van der Waals surface area contributed by atoms with Gasteiger partial charge in [-0.15, -0.1) is 0 Å². The summed E-state index contributed by atoms with van der Waals surface area (Å²) in [5, 5.41) is 6.84. The Morgan fingerprint density at radius 1 is 1.41 bits per heavy atom. The Bertz CT molecular complexity index is 842. The summed E-state index contributed by atoms with van der Waals surface area (Å²) in [6.45, 7) is 2.40. The van der Waals surface area contributed by atoms with Gasteiger partial charge >= 0.3 is 0 Å². The number of piperidine rings is 1. The van der Waals surface area contributed by atoms with E-state index in [1.54, 1.807) is 6.20 Å². The second kappa shape index (κ2) is 7.20. The fraction of sp³-hybridized carbons (Fsp3) is 0.611. The highest BCUT2D eigenvalue weighted by Gasteiger charge is 2.45. The largest absolute Gasteiger partial charge is 0.387 e. The van der Waals surface area contributed by atoms with E-state index in [-0.39, 0.29) is 23.5 Å². The van der Waals surface area contributed by atoms with Crippen LogP contribution in [0.1, 0.15) is 31.4 Å². The molecule has 3 aliphatic heterocycles. The molecule has 0 bridgehead atoms. The van der Waals surface area contributed by atoms with E-state index in [2.05, 4.69) is 20.4 Å². The topological polar surface area (TPSA) is 101 Å². The summed E-state index contributed by atoms with van der Waals surface area (Å²) in [6, 6.07) is 5.55. The van der Waals surface area contributed by atoms with Crippen LogP contribution in [-0.4, -0.2) is 66.2 Å². The standard InChI is InChI=1S/C18H24N4O4S/c23-17(20-15-5-9-27(24,25)12-15)16-10-18(26-21-16)6-3-8-22(13-18)11-14-4-1-2-7-19-14/h1-2,4,7,15H,3,5-6,8-13H2,(H,20,23). The zero-order chi connectivity index (χ0) is 18.9. The van der Waals surface area contributed by atoms with E-state index < -0.39 is 15.4 Å². The maximum absolute atomic E-state index is 12.5. The summed E-state index contributed by atoms with van der Waals surface area (Å²) >= 11 is 0. The SMILES string of the molecule is O=C(NC1CCS(=O)(=O)C1)C1=NOC2(CCCN(Cc3ccccn3)C2)C1. The Morgan fingerprint density at radius 2 is 2.30 bits per heavy atom. The van der Waals surface area contributed by atoms with Gasteiger partial charge in [-0.05, 0) is 37.9 Å². The normalized spacial score (nSPS) is 30.1.